The quantitative estimate of drug-likeness (QED) is 0.897. The van der Waals surface area contributed by atoms with Gasteiger partial charge in [0.25, 0.3) is 0 Å². The van der Waals surface area contributed by atoms with Crippen molar-refractivity contribution in [1.82, 2.24) is 9.36 Å². The van der Waals surface area contributed by atoms with Crippen LogP contribution in [0.3, 0.4) is 0 Å². The van der Waals surface area contributed by atoms with Crippen molar-refractivity contribution in [3.05, 3.63) is 5.82 Å². The van der Waals surface area contributed by atoms with E-state index in [1.807, 2.05) is 11.8 Å². The number of anilines is 1. The Hall–Kier alpha value is -0.290. The minimum absolute atomic E-state index is 0.423. The summed E-state index contributed by atoms with van der Waals surface area (Å²) in [6, 6.07) is 0.586. The lowest BCUT2D eigenvalue weighted by Crippen LogP contribution is -2.25. The van der Waals surface area contributed by atoms with Crippen molar-refractivity contribution in [2.24, 2.45) is 0 Å². The Balaban J connectivity index is 1.97. The SMILES string of the molecule is CSC1CCCC1Nc1nc(C(C)C)ns1. The number of hydrogen-bond donors (Lipinski definition) is 1. The molecule has 2 unspecified atom stereocenters. The topological polar surface area (TPSA) is 37.8 Å². The smallest absolute Gasteiger partial charge is 0.202 e. The maximum atomic E-state index is 4.53. The van der Waals surface area contributed by atoms with Crippen LogP contribution in [0.1, 0.15) is 44.9 Å². The van der Waals surface area contributed by atoms with Gasteiger partial charge in [0, 0.05) is 28.7 Å². The Bertz CT molecular complexity index is 338. The van der Waals surface area contributed by atoms with Crippen LogP contribution in [0.2, 0.25) is 0 Å². The lowest BCUT2D eigenvalue weighted by molar-refractivity contribution is 0.759. The molecule has 90 valence electrons. The molecule has 1 aromatic heterocycles. The average Bonchev–Trinajstić information content (AvgIpc) is 2.87. The van der Waals surface area contributed by atoms with E-state index in [0.29, 0.717) is 12.0 Å². The Morgan fingerprint density at radius 2 is 2.25 bits per heavy atom. The van der Waals surface area contributed by atoms with Gasteiger partial charge in [-0.3, -0.25) is 0 Å². The van der Waals surface area contributed by atoms with Gasteiger partial charge in [-0.15, -0.1) is 0 Å². The van der Waals surface area contributed by atoms with Gasteiger partial charge in [-0.1, -0.05) is 20.3 Å². The molecule has 1 heterocycles. The van der Waals surface area contributed by atoms with Gasteiger partial charge in [-0.05, 0) is 19.1 Å². The van der Waals surface area contributed by atoms with E-state index in [0.717, 1.165) is 16.2 Å². The molecule has 0 aliphatic heterocycles. The molecular weight excluding hydrogens is 238 g/mol. The Morgan fingerprint density at radius 3 is 2.88 bits per heavy atom. The summed E-state index contributed by atoms with van der Waals surface area (Å²) in [6.45, 7) is 4.26. The zero-order chi connectivity index (χ0) is 11.5. The number of hydrogen-bond acceptors (Lipinski definition) is 5. The van der Waals surface area contributed by atoms with Crippen LogP contribution >= 0.6 is 23.3 Å². The van der Waals surface area contributed by atoms with E-state index in [1.54, 1.807) is 0 Å². The highest BCUT2D eigenvalue weighted by Gasteiger charge is 2.27. The highest BCUT2D eigenvalue weighted by atomic mass is 32.2. The van der Waals surface area contributed by atoms with E-state index >= 15 is 0 Å². The number of nitrogens with one attached hydrogen (secondary N) is 1. The summed E-state index contributed by atoms with van der Waals surface area (Å²) in [5.41, 5.74) is 0. The summed E-state index contributed by atoms with van der Waals surface area (Å²) in [5, 5.41) is 5.28. The van der Waals surface area contributed by atoms with Gasteiger partial charge < -0.3 is 5.32 Å². The van der Waals surface area contributed by atoms with Crippen LogP contribution in [0.5, 0.6) is 0 Å². The third kappa shape index (κ3) is 2.69. The van der Waals surface area contributed by atoms with Crippen LogP contribution in [-0.2, 0) is 0 Å². The number of thioether (sulfide) groups is 1. The third-order valence-electron chi connectivity index (χ3n) is 3.02. The Kier molecular flexibility index (Phi) is 4.08. The molecule has 0 saturated heterocycles. The Labute approximate surface area is 106 Å². The van der Waals surface area contributed by atoms with Crippen LogP contribution in [0.15, 0.2) is 0 Å². The maximum Gasteiger partial charge on any atom is 0.202 e. The average molecular weight is 257 g/mol. The molecule has 1 N–H and O–H groups in total. The molecule has 0 aromatic carbocycles. The van der Waals surface area contributed by atoms with Gasteiger partial charge in [0.1, 0.15) is 5.82 Å². The molecule has 1 aliphatic rings. The maximum absolute atomic E-state index is 4.53. The predicted octanol–water partition coefficient (Wildman–Crippen LogP) is 3.36. The second-order valence-electron chi connectivity index (χ2n) is 4.57. The fourth-order valence-corrected chi connectivity index (χ4v) is 3.76. The molecule has 0 radical (unpaired) electrons. The monoisotopic (exact) mass is 257 g/mol. The lowest BCUT2D eigenvalue weighted by atomic mass is 10.2. The molecule has 3 nitrogen and oxygen atoms in total. The summed E-state index contributed by atoms with van der Waals surface area (Å²) in [4.78, 5) is 4.53. The Morgan fingerprint density at radius 1 is 1.44 bits per heavy atom. The lowest BCUT2D eigenvalue weighted by Gasteiger charge is -2.17. The van der Waals surface area contributed by atoms with Gasteiger partial charge in [0.15, 0.2) is 0 Å². The molecule has 16 heavy (non-hydrogen) atoms. The zero-order valence-corrected chi connectivity index (χ0v) is 11.7. The van der Waals surface area contributed by atoms with Crippen molar-refractivity contribution in [3.8, 4) is 0 Å². The van der Waals surface area contributed by atoms with Crippen molar-refractivity contribution in [2.45, 2.75) is 50.3 Å². The highest BCUT2D eigenvalue weighted by Crippen LogP contribution is 2.31. The van der Waals surface area contributed by atoms with E-state index in [4.69, 9.17) is 0 Å². The van der Waals surface area contributed by atoms with Crippen LogP contribution in [0, 0.1) is 0 Å². The van der Waals surface area contributed by atoms with E-state index in [1.165, 1.54) is 30.8 Å². The molecule has 0 spiro atoms. The number of nitrogens with zero attached hydrogens (tertiary/aromatic N) is 2. The van der Waals surface area contributed by atoms with Gasteiger partial charge in [0.2, 0.25) is 5.13 Å². The minimum atomic E-state index is 0.423. The second kappa shape index (κ2) is 5.36. The number of aromatic nitrogens is 2. The minimum Gasteiger partial charge on any atom is -0.356 e. The normalized spacial score (nSPS) is 25.2. The predicted molar refractivity (Wildman–Crippen MR) is 72.6 cm³/mol. The summed E-state index contributed by atoms with van der Waals surface area (Å²) >= 11 is 3.46. The molecule has 2 atom stereocenters. The molecule has 0 amide bonds. The van der Waals surface area contributed by atoms with Crippen molar-refractivity contribution in [2.75, 3.05) is 11.6 Å². The van der Waals surface area contributed by atoms with E-state index < -0.39 is 0 Å². The third-order valence-corrected chi connectivity index (χ3v) is 4.85. The van der Waals surface area contributed by atoms with Gasteiger partial charge >= 0.3 is 0 Å². The summed E-state index contributed by atoms with van der Waals surface area (Å²) in [7, 11) is 0. The first-order valence-corrected chi connectivity index (χ1v) is 7.89. The summed E-state index contributed by atoms with van der Waals surface area (Å²) in [5.74, 6) is 1.39. The van der Waals surface area contributed by atoms with E-state index in [-0.39, 0.29) is 0 Å². The molecule has 1 fully saturated rings. The first-order valence-electron chi connectivity index (χ1n) is 5.83. The van der Waals surface area contributed by atoms with Crippen molar-refractivity contribution in [1.29, 1.82) is 0 Å². The van der Waals surface area contributed by atoms with Gasteiger partial charge in [-0.2, -0.15) is 16.1 Å². The molecular formula is C11H19N3S2. The first kappa shape index (κ1) is 12.2. The van der Waals surface area contributed by atoms with Gasteiger partial charge in [0.05, 0.1) is 0 Å². The van der Waals surface area contributed by atoms with Crippen LogP contribution in [-0.4, -0.2) is 26.9 Å². The van der Waals surface area contributed by atoms with E-state index in [9.17, 15) is 0 Å². The molecule has 1 saturated carbocycles. The van der Waals surface area contributed by atoms with Gasteiger partial charge in [-0.25, -0.2) is 4.98 Å². The summed E-state index contributed by atoms with van der Waals surface area (Å²) in [6.07, 6.45) is 6.13. The summed E-state index contributed by atoms with van der Waals surface area (Å²) < 4.78 is 4.37. The molecule has 0 bridgehead atoms. The molecule has 2 rings (SSSR count). The second-order valence-corrected chi connectivity index (χ2v) is 6.40. The molecule has 5 heteroatoms. The largest absolute Gasteiger partial charge is 0.356 e. The first-order chi connectivity index (χ1) is 7.70. The van der Waals surface area contributed by atoms with Crippen molar-refractivity contribution in [3.63, 3.8) is 0 Å². The number of rotatable bonds is 4. The van der Waals surface area contributed by atoms with Crippen LogP contribution in [0.25, 0.3) is 0 Å². The standard InChI is InChI=1S/C11H19N3S2/c1-7(2)10-13-11(16-14-10)12-8-5-4-6-9(8)15-3/h7-9H,4-6H2,1-3H3,(H,12,13,14). The van der Waals surface area contributed by atoms with Crippen LogP contribution < -0.4 is 5.32 Å². The van der Waals surface area contributed by atoms with Crippen molar-refractivity contribution < 1.29 is 0 Å². The fraction of sp³-hybridized carbons (Fsp3) is 0.818. The van der Waals surface area contributed by atoms with E-state index in [2.05, 4.69) is 34.8 Å². The molecule has 1 aromatic rings. The fourth-order valence-electron chi connectivity index (χ4n) is 2.06. The van der Waals surface area contributed by atoms with Crippen LogP contribution in [0.4, 0.5) is 5.13 Å². The highest BCUT2D eigenvalue weighted by molar-refractivity contribution is 7.99. The van der Waals surface area contributed by atoms with Crippen molar-refractivity contribution >= 4 is 28.4 Å². The zero-order valence-electron chi connectivity index (χ0n) is 10.1. The molecule has 1 aliphatic carbocycles.